The number of ether oxygens (including phenoxy) is 1. The lowest BCUT2D eigenvalue weighted by Crippen LogP contribution is -2.32. The number of benzene rings is 1. The van der Waals surface area contributed by atoms with Crippen LogP contribution in [0.2, 0.25) is 0 Å². The number of rotatable bonds is 7. The summed E-state index contributed by atoms with van der Waals surface area (Å²) in [7, 11) is 0. The summed E-state index contributed by atoms with van der Waals surface area (Å²) in [6.45, 7) is 5.16. The number of hydrogen-bond acceptors (Lipinski definition) is 3. The van der Waals surface area contributed by atoms with E-state index in [4.69, 9.17) is 4.74 Å². The smallest absolute Gasteiger partial charge is 0.123 e. The average Bonchev–Trinajstić information content (AvgIpc) is 2.33. The van der Waals surface area contributed by atoms with E-state index in [1.165, 1.54) is 12.1 Å². The van der Waals surface area contributed by atoms with Crippen LogP contribution in [0.1, 0.15) is 25.5 Å². The molecule has 1 aromatic carbocycles. The fourth-order valence-corrected chi connectivity index (χ4v) is 1.52. The van der Waals surface area contributed by atoms with Gasteiger partial charge in [0, 0.05) is 19.2 Å². The number of halogens is 1. The predicted molar refractivity (Wildman–Crippen MR) is 65.3 cm³/mol. The van der Waals surface area contributed by atoms with E-state index in [1.807, 2.05) is 19.9 Å². The third-order valence-corrected chi connectivity index (χ3v) is 2.52. The molecule has 0 aliphatic rings. The summed E-state index contributed by atoms with van der Waals surface area (Å²) >= 11 is 0. The molecule has 2 atom stereocenters. The molecule has 0 amide bonds. The summed E-state index contributed by atoms with van der Waals surface area (Å²) < 4.78 is 18.1. The third-order valence-electron chi connectivity index (χ3n) is 2.52. The highest BCUT2D eigenvalue weighted by molar-refractivity contribution is 5.19. The molecule has 0 bridgehead atoms. The Bertz CT molecular complexity index is 333. The molecular formula is C13H20FNO2. The predicted octanol–water partition coefficient (Wildman–Crippen LogP) is 1.87. The molecule has 1 aromatic rings. The lowest BCUT2D eigenvalue weighted by Gasteiger charge is -2.17. The first-order valence-corrected chi connectivity index (χ1v) is 5.88. The second-order valence-electron chi connectivity index (χ2n) is 4.00. The molecule has 0 saturated heterocycles. The Morgan fingerprint density at radius 1 is 1.47 bits per heavy atom. The molecule has 2 unspecified atom stereocenters. The molecule has 0 aromatic heterocycles. The van der Waals surface area contributed by atoms with Crippen molar-refractivity contribution >= 4 is 0 Å². The standard InChI is InChI=1S/C13H20FNO2/c1-3-17-9-13(16)8-15-10(2)11-5-4-6-12(14)7-11/h4-7,10,13,15-16H,3,8-9H2,1-2H3. The minimum atomic E-state index is -0.536. The van der Waals surface area contributed by atoms with Crippen molar-refractivity contribution in [3.05, 3.63) is 35.6 Å². The molecule has 0 radical (unpaired) electrons. The molecular weight excluding hydrogens is 221 g/mol. The van der Waals surface area contributed by atoms with Crippen LogP contribution in [0.5, 0.6) is 0 Å². The van der Waals surface area contributed by atoms with E-state index < -0.39 is 6.10 Å². The fourth-order valence-electron chi connectivity index (χ4n) is 1.52. The Morgan fingerprint density at radius 3 is 2.88 bits per heavy atom. The van der Waals surface area contributed by atoms with Crippen LogP contribution < -0.4 is 5.32 Å². The molecule has 0 heterocycles. The van der Waals surface area contributed by atoms with E-state index >= 15 is 0 Å². The van der Waals surface area contributed by atoms with Crippen molar-refractivity contribution in [2.75, 3.05) is 19.8 Å². The van der Waals surface area contributed by atoms with Gasteiger partial charge >= 0.3 is 0 Å². The number of aliphatic hydroxyl groups excluding tert-OH is 1. The Labute approximate surface area is 102 Å². The van der Waals surface area contributed by atoms with Gasteiger partial charge in [-0.2, -0.15) is 0 Å². The average molecular weight is 241 g/mol. The highest BCUT2D eigenvalue weighted by Gasteiger charge is 2.09. The first-order chi connectivity index (χ1) is 8.13. The molecule has 17 heavy (non-hydrogen) atoms. The first-order valence-electron chi connectivity index (χ1n) is 5.88. The van der Waals surface area contributed by atoms with Crippen LogP contribution in [-0.4, -0.2) is 31.0 Å². The Morgan fingerprint density at radius 2 is 2.24 bits per heavy atom. The lowest BCUT2D eigenvalue weighted by molar-refractivity contribution is 0.0416. The van der Waals surface area contributed by atoms with Crippen molar-refractivity contribution in [3.63, 3.8) is 0 Å². The lowest BCUT2D eigenvalue weighted by atomic mass is 10.1. The minimum absolute atomic E-state index is 0.00183. The number of aliphatic hydroxyl groups is 1. The van der Waals surface area contributed by atoms with Crippen LogP contribution >= 0.6 is 0 Å². The minimum Gasteiger partial charge on any atom is -0.389 e. The zero-order valence-electron chi connectivity index (χ0n) is 10.3. The van der Waals surface area contributed by atoms with Crippen molar-refractivity contribution in [2.24, 2.45) is 0 Å². The highest BCUT2D eigenvalue weighted by Crippen LogP contribution is 2.13. The Hall–Kier alpha value is -0.970. The first kappa shape index (κ1) is 14.1. The van der Waals surface area contributed by atoms with Crippen molar-refractivity contribution in [3.8, 4) is 0 Å². The maximum Gasteiger partial charge on any atom is 0.123 e. The van der Waals surface area contributed by atoms with Gasteiger partial charge in [-0.05, 0) is 31.5 Å². The van der Waals surface area contributed by atoms with Crippen LogP contribution in [-0.2, 0) is 4.74 Å². The highest BCUT2D eigenvalue weighted by atomic mass is 19.1. The summed E-state index contributed by atoms with van der Waals surface area (Å²) in [5, 5.41) is 12.7. The number of hydrogen-bond donors (Lipinski definition) is 2. The van der Waals surface area contributed by atoms with Gasteiger partial charge in [-0.1, -0.05) is 12.1 Å². The summed E-state index contributed by atoms with van der Waals surface area (Å²) in [5.41, 5.74) is 0.869. The van der Waals surface area contributed by atoms with Crippen LogP contribution in [0.15, 0.2) is 24.3 Å². The van der Waals surface area contributed by atoms with E-state index in [1.54, 1.807) is 6.07 Å². The molecule has 1 rings (SSSR count). The van der Waals surface area contributed by atoms with E-state index in [-0.39, 0.29) is 11.9 Å². The van der Waals surface area contributed by atoms with Gasteiger partial charge in [-0.25, -0.2) is 4.39 Å². The molecule has 3 nitrogen and oxygen atoms in total. The van der Waals surface area contributed by atoms with Gasteiger partial charge in [0.05, 0.1) is 12.7 Å². The summed E-state index contributed by atoms with van der Waals surface area (Å²) in [6.07, 6.45) is -0.536. The quantitative estimate of drug-likeness (QED) is 0.765. The normalized spacial score (nSPS) is 14.6. The Balaban J connectivity index is 2.36. The van der Waals surface area contributed by atoms with Gasteiger partial charge in [-0.15, -0.1) is 0 Å². The summed E-state index contributed by atoms with van der Waals surface area (Å²) in [5.74, 6) is -0.244. The van der Waals surface area contributed by atoms with Crippen LogP contribution in [0.4, 0.5) is 4.39 Å². The van der Waals surface area contributed by atoms with Crippen molar-refractivity contribution < 1.29 is 14.2 Å². The van der Waals surface area contributed by atoms with Crippen molar-refractivity contribution in [1.82, 2.24) is 5.32 Å². The maximum atomic E-state index is 13.0. The maximum absolute atomic E-state index is 13.0. The van der Waals surface area contributed by atoms with E-state index in [2.05, 4.69) is 5.32 Å². The molecule has 0 fully saturated rings. The molecule has 0 saturated carbocycles. The fraction of sp³-hybridized carbons (Fsp3) is 0.538. The molecule has 0 spiro atoms. The topological polar surface area (TPSA) is 41.5 Å². The zero-order chi connectivity index (χ0) is 12.7. The molecule has 4 heteroatoms. The van der Waals surface area contributed by atoms with Gasteiger partial charge in [0.15, 0.2) is 0 Å². The largest absolute Gasteiger partial charge is 0.389 e. The second-order valence-corrected chi connectivity index (χ2v) is 4.00. The summed E-state index contributed by atoms with van der Waals surface area (Å²) in [4.78, 5) is 0. The molecule has 0 aliphatic heterocycles. The summed E-state index contributed by atoms with van der Waals surface area (Å²) in [6, 6.07) is 6.45. The van der Waals surface area contributed by atoms with Gasteiger partial charge in [0.25, 0.3) is 0 Å². The van der Waals surface area contributed by atoms with Gasteiger partial charge in [0.2, 0.25) is 0 Å². The SMILES string of the molecule is CCOCC(O)CNC(C)c1cccc(F)c1. The van der Waals surface area contributed by atoms with E-state index in [0.717, 1.165) is 5.56 Å². The van der Waals surface area contributed by atoms with Crippen molar-refractivity contribution in [2.45, 2.75) is 26.0 Å². The third kappa shape index (κ3) is 5.26. The molecule has 96 valence electrons. The van der Waals surface area contributed by atoms with E-state index in [0.29, 0.717) is 19.8 Å². The van der Waals surface area contributed by atoms with Crippen LogP contribution in [0.3, 0.4) is 0 Å². The second kappa shape index (κ2) is 7.37. The van der Waals surface area contributed by atoms with Crippen LogP contribution in [0.25, 0.3) is 0 Å². The van der Waals surface area contributed by atoms with Gasteiger partial charge in [-0.3, -0.25) is 0 Å². The molecule has 2 N–H and O–H groups in total. The molecule has 0 aliphatic carbocycles. The Kier molecular flexibility index (Phi) is 6.11. The van der Waals surface area contributed by atoms with Gasteiger partial charge in [0.1, 0.15) is 5.82 Å². The monoisotopic (exact) mass is 241 g/mol. The zero-order valence-corrected chi connectivity index (χ0v) is 10.3. The van der Waals surface area contributed by atoms with E-state index in [9.17, 15) is 9.50 Å². The number of nitrogens with one attached hydrogen (secondary N) is 1. The van der Waals surface area contributed by atoms with Crippen molar-refractivity contribution in [1.29, 1.82) is 0 Å². The van der Waals surface area contributed by atoms with Gasteiger partial charge < -0.3 is 15.2 Å². The van der Waals surface area contributed by atoms with Crippen LogP contribution in [0, 0.1) is 5.82 Å².